The Morgan fingerprint density at radius 3 is 2.74 bits per heavy atom. The third kappa shape index (κ3) is 5.31. The minimum atomic E-state index is -0.138. The highest BCUT2D eigenvalue weighted by Gasteiger charge is 2.18. The van der Waals surface area contributed by atoms with Crippen molar-refractivity contribution in [2.45, 2.75) is 25.8 Å². The number of benzene rings is 3. The fourth-order valence-electron chi connectivity index (χ4n) is 3.98. The molecule has 31 heavy (non-hydrogen) atoms. The van der Waals surface area contributed by atoms with Crippen molar-refractivity contribution in [3.05, 3.63) is 95.1 Å². The van der Waals surface area contributed by atoms with Crippen LogP contribution in [0.4, 0.5) is 5.69 Å². The summed E-state index contributed by atoms with van der Waals surface area (Å²) in [6.07, 6.45) is 4.25. The molecular weight excluding hydrogens is 386 g/mol. The SMILES string of the molecule is COc1ccc(C=NNC(=O)Cc2ccccc2)cc1CN1CCCc2ccccc21. The van der Waals surface area contributed by atoms with E-state index in [9.17, 15) is 4.79 Å². The molecule has 0 saturated carbocycles. The molecule has 3 aromatic carbocycles. The predicted octanol–water partition coefficient (Wildman–Crippen LogP) is 4.34. The number of aryl methyl sites for hydroxylation is 1. The normalized spacial score (nSPS) is 13.1. The van der Waals surface area contributed by atoms with Gasteiger partial charge in [-0.05, 0) is 53.8 Å². The maximum Gasteiger partial charge on any atom is 0.244 e. The summed E-state index contributed by atoms with van der Waals surface area (Å²) in [6.45, 7) is 1.79. The smallest absolute Gasteiger partial charge is 0.244 e. The van der Waals surface area contributed by atoms with Crippen LogP contribution in [0.2, 0.25) is 0 Å². The van der Waals surface area contributed by atoms with Crippen molar-refractivity contribution in [1.82, 2.24) is 5.43 Å². The van der Waals surface area contributed by atoms with Crippen LogP contribution in [-0.2, 0) is 24.2 Å². The van der Waals surface area contributed by atoms with Gasteiger partial charge in [-0.25, -0.2) is 5.43 Å². The number of methoxy groups -OCH3 is 1. The van der Waals surface area contributed by atoms with Crippen molar-refractivity contribution in [2.75, 3.05) is 18.6 Å². The minimum absolute atomic E-state index is 0.138. The average molecular weight is 414 g/mol. The van der Waals surface area contributed by atoms with Crippen LogP contribution >= 0.6 is 0 Å². The molecular formula is C26H27N3O2. The third-order valence-electron chi connectivity index (χ3n) is 5.48. The van der Waals surface area contributed by atoms with Crippen molar-refractivity contribution in [3.63, 3.8) is 0 Å². The Hall–Kier alpha value is -3.60. The number of amides is 1. The van der Waals surface area contributed by atoms with Crippen LogP contribution in [0.5, 0.6) is 5.75 Å². The van der Waals surface area contributed by atoms with E-state index in [1.807, 2.05) is 42.5 Å². The van der Waals surface area contributed by atoms with Gasteiger partial charge in [-0.2, -0.15) is 5.10 Å². The molecule has 0 spiro atoms. The lowest BCUT2D eigenvalue weighted by atomic mass is 10.0. The van der Waals surface area contributed by atoms with Gasteiger partial charge in [-0.3, -0.25) is 4.79 Å². The highest BCUT2D eigenvalue weighted by Crippen LogP contribution is 2.30. The summed E-state index contributed by atoms with van der Waals surface area (Å²) in [5, 5.41) is 4.14. The number of para-hydroxylation sites is 1. The molecule has 0 fully saturated rings. The number of nitrogens with one attached hydrogen (secondary N) is 1. The molecule has 0 radical (unpaired) electrons. The third-order valence-corrected chi connectivity index (χ3v) is 5.48. The summed E-state index contributed by atoms with van der Waals surface area (Å²) in [6, 6.07) is 24.2. The van der Waals surface area contributed by atoms with Gasteiger partial charge in [0.2, 0.25) is 5.91 Å². The number of carbonyl (C=O) groups is 1. The molecule has 4 rings (SSSR count). The van der Waals surface area contributed by atoms with Gasteiger partial charge in [0.25, 0.3) is 0 Å². The van der Waals surface area contributed by atoms with Crippen molar-refractivity contribution in [3.8, 4) is 5.75 Å². The zero-order valence-electron chi connectivity index (χ0n) is 17.8. The number of nitrogens with zero attached hydrogens (tertiary/aromatic N) is 2. The van der Waals surface area contributed by atoms with Crippen LogP contribution in [0.15, 0.2) is 77.9 Å². The van der Waals surface area contributed by atoms with Crippen LogP contribution < -0.4 is 15.1 Å². The van der Waals surface area contributed by atoms with E-state index in [2.05, 4.69) is 45.8 Å². The molecule has 5 heteroatoms. The first-order chi connectivity index (χ1) is 15.2. The Morgan fingerprint density at radius 2 is 1.90 bits per heavy atom. The second-order valence-electron chi connectivity index (χ2n) is 7.68. The van der Waals surface area contributed by atoms with Crippen molar-refractivity contribution in [2.24, 2.45) is 5.10 Å². The average Bonchev–Trinajstić information content (AvgIpc) is 2.80. The topological polar surface area (TPSA) is 53.9 Å². The zero-order valence-corrected chi connectivity index (χ0v) is 17.8. The molecule has 0 saturated heterocycles. The molecule has 0 aromatic heterocycles. The number of anilines is 1. The maximum absolute atomic E-state index is 12.1. The Kier molecular flexibility index (Phi) is 6.62. The van der Waals surface area contributed by atoms with E-state index in [-0.39, 0.29) is 5.91 Å². The number of hydrogen-bond donors (Lipinski definition) is 1. The van der Waals surface area contributed by atoms with E-state index in [0.29, 0.717) is 6.42 Å². The molecule has 0 aliphatic carbocycles. The van der Waals surface area contributed by atoms with Crippen molar-refractivity contribution < 1.29 is 9.53 Å². The fraction of sp³-hybridized carbons (Fsp3) is 0.231. The highest BCUT2D eigenvalue weighted by atomic mass is 16.5. The summed E-state index contributed by atoms with van der Waals surface area (Å²) < 4.78 is 5.60. The number of hydrogen-bond acceptors (Lipinski definition) is 4. The predicted molar refractivity (Wildman–Crippen MR) is 125 cm³/mol. The lowest BCUT2D eigenvalue weighted by Gasteiger charge is -2.31. The summed E-state index contributed by atoms with van der Waals surface area (Å²) >= 11 is 0. The molecule has 0 atom stereocenters. The van der Waals surface area contributed by atoms with Gasteiger partial charge < -0.3 is 9.64 Å². The second-order valence-corrected chi connectivity index (χ2v) is 7.68. The van der Waals surface area contributed by atoms with Gasteiger partial charge in [0.15, 0.2) is 0 Å². The molecule has 1 N–H and O–H groups in total. The second kappa shape index (κ2) is 9.94. The van der Waals surface area contributed by atoms with E-state index in [1.54, 1.807) is 13.3 Å². The first kappa shape index (κ1) is 20.7. The summed E-state index contributed by atoms with van der Waals surface area (Å²) in [5.74, 6) is 0.717. The Bertz CT molecular complexity index is 1060. The molecule has 5 nitrogen and oxygen atoms in total. The molecule has 1 aliphatic rings. The summed E-state index contributed by atoms with van der Waals surface area (Å²) in [7, 11) is 1.69. The van der Waals surface area contributed by atoms with Gasteiger partial charge in [-0.15, -0.1) is 0 Å². The molecule has 1 amide bonds. The van der Waals surface area contributed by atoms with E-state index in [4.69, 9.17) is 4.74 Å². The van der Waals surface area contributed by atoms with E-state index < -0.39 is 0 Å². The number of hydrazone groups is 1. The quantitative estimate of drug-likeness (QED) is 0.463. The monoisotopic (exact) mass is 413 g/mol. The van der Waals surface area contributed by atoms with Crippen LogP contribution in [0, 0.1) is 0 Å². The van der Waals surface area contributed by atoms with Crippen molar-refractivity contribution >= 4 is 17.8 Å². The first-order valence-electron chi connectivity index (χ1n) is 10.6. The van der Waals surface area contributed by atoms with Crippen LogP contribution in [0.3, 0.4) is 0 Å². The van der Waals surface area contributed by atoms with Gasteiger partial charge >= 0.3 is 0 Å². The van der Waals surface area contributed by atoms with Gasteiger partial charge in [0.1, 0.15) is 5.75 Å². The van der Waals surface area contributed by atoms with Crippen LogP contribution in [-0.4, -0.2) is 25.8 Å². The number of rotatable bonds is 7. The molecule has 1 aliphatic heterocycles. The number of ether oxygens (including phenoxy) is 1. The Balaban J connectivity index is 1.44. The van der Waals surface area contributed by atoms with Gasteiger partial charge in [-0.1, -0.05) is 48.5 Å². The van der Waals surface area contributed by atoms with Crippen LogP contribution in [0.1, 0.15) is 28.7 Å². The molecule has 0 unspecified atom stereocenters. The lowest BCUT2D eigenvalue weighted by Crippen LogP contribution is -2.29. The standard InChI is InChI=1S/C26H27N3O2/c1-31-25-14-13-21(18-27-28-26(30)17-20-8-3-2-4-9-20)16-23(25)19-29-15-7-11-22-10-5-6-12-24(22)29/h2-6,8-10,12-14,16,18H,7,11,15,17,19H2,1H3,(H,28,30). The summed E-state index contributed by atoms with van der Waals surface area (Å²) in [4.78, 5) is 14.5. The number of carbonyl (C=O) groups excluding carboxylic acids is 1. The molecule has 1 heterocycles. The van der Waals surface area contributed by atoms with E-state index >= 15 is 0 Å². The fourth-order valence-corrected chi connectivity index (χ4v) is 3.98. The van der Waals surface area contributed by atoms with Gasteiger partial charge in [0, 0.05) is 24.3 Å². The van der Waals surface area contributed by atoms with E-state index in [1.165, 1.54) is 11.3 Å². The minimum Gasteiger partial charge on any atom is -0.496 e. The zero-order chi connectivity index (χ0) is 21.5. The van der Waals surface area contributed by atoms with E-state index in [0.717, 1.165) is 48.4 Å². The lowest BCUT2D eigenvalue weighted by molar-refractivity contribution is -0.120. The first-order valence-corrected chi connectivity index (χ1v) is 10.6. The molecule has 0 bridgehead atoms. The maximum atomic E-state index is 12.1. The Labute approximate surface area is 183 Å². The summed E-state index contributed by atoms with van der Waals surface area (Å²) in [5.41, 5.74) is 8.28. The molecule has 3 aromatic rings. The number of fused-ring (bicyclic) bond motifs is 1. The van der Waals surface area contributed by atoms with Crippen molar-refractivity contribution in [1.29, 1.82) is 0 Å². The largest absolute Gasteiger partial charge is 0.496 e. The highest BCUT2D eigenvalue weighted by molar-refractivity contribution is 5.83. The van der Waals surface area contributed by atoms with Crippen LogP contribution in [0.25, 0.3) is 0 Å². The Morgan fingerprint density at radius 1 is 1.10 bits per heavy atom. The van der Waals surface area contributed by atoms with Gasteiger partial charge in [0.05, 0.1) is 19.7 Å². The molecule has 158 valence electrons.